The van der Waals surface area contributed by atoms with Crippen molar-refractivity contribution >= 4 is 46.3 Å². The van der Waals surface area contributed by atoms with E-state index in [1.165, 1.54) is 22.9 Å². The van der Waals surface area contributed by atoms with Gasteiger partial charge in [0.1, 0.15) is 21.1 Å². The molecule has 37 heavy (non-hydrogen) atoms. The highest BCUT2D eigenvalue weighted by molar-refractivity contribution is 7.07. The molecular weight excluding hydrogens is 513 g/mol. The maximum atomic E-state index is 14.3. The number of halogens is 3. The Kier molecular flexibility index (Phi) is 9.84. The molecular formula is C23H25F3N6O4S. The molecule has 0 aliphatic carbocycles. The number of rotatable bonds is 9. The summed E-state index contributed by atoms with van der Waals surface area (Å²) in [6.07, 6.45) is -1.47. The number of hydrogen-bond donors (Lipinski definition) is 3. The molecule has 0 spiro atoms. The summed E-state index contributed by atoms with van der Waals surface area (Å²) in [5, 5.41) is 16.8. The first-order valence-corrected chi connectivity index (χ1v) is 12.1. The minimum atomic E-state index is -2.79. The van der Waals surface area contributed by atoms with Crippen LogP contribution in [0.3, 0.4) is 0 Å². The lowest BCUT2D eigenvalue weighted by Gasteiger charge is -2.25. The van der Waals surface area contributed by atoms with Crippen LogP contribution in [0.1, 0.15) is 6.92 Å². The largest absolute Gasteiger partial charge is 0.379 e. The molecule has 2 amide bonds. The molecule has 1 aromatic heterocycles. The lowest BCUT2D eigenvalue weighted by Crippen LogP contribution is -2.41. The molecule has 10 nitrogen and oxygen atoms in total. The third-order valence-electron chi connectivity index (χ3n) is 5.27. The summed E-state index contributed by atoms with van der Waals surface area (Å²) >= 11 is 0.828. The number of morpholine rings is 1. The van der Waals surface area contributed by atoms with E-state index in [9.17, 15) is 32.8 Å². The first-order valence-electron chi connectivity index (χ1n) is 11.3. The average molecular weight is 539 g/mol. The Morgan fingerprint density at radius 1 is 1.30 bits per heavy atom. The van der Waals surface area contributed by atoms with Gasteiger partial charge in [-0.05, 0) is 25.1 Å². The van der Waals surface area contributed by atoms with Gasteiger partial charge in [0.25, 0.3) is 17.9 Å². The van der Waals surface area contributed by atoms with Crippen molar-refractivity contribution < 1.29 is 27.5 Å². The molecule has 1 saturated heterocycles. The molecule has 2 aromatic rings. The SMILES string of the molecule is CCn1c(=C(C#N)C(=O)NCC(F)F)sc(=CNc2ccc(F)c(NC(=O)CN3CCOCC3)c2)c1=O. The molecule has 0 atom stereocenters. The summed E-state index contributed by atoms with van der Waals surface area (Å²) in [6.45, 7) is 3.16. The second kappa shape index (κ2) is 13.0. The number of alkyl halides is 2. The fourth-order valence-electron chi connectivity index (χ4n) is 3.46. The number of nitrogens with zero attached hydrogens (tertiary/aromatic N) is 3. The zero-order valence-electron chi connectivity index (χ0n) is 19.9. The Morgan fingerprint density at radius 2 is 2.03 bits per heavy atom. The zero-order valence-corrected chi connectivity index (χ0v) is 20.7. The van der Waals surface area contributed by atoms with E-state index < -0.39 is 35.8 Å². The van der Waals surface area contributed by atoms with E-state index in [1.807, 2.05) is 10.2 Å². The van der Waals surface area contributed by atoms with Crippen LogP contribution in [-0.2, 0) is 20.9 Å². The van der Waals surface area contributed by atoms with Gasteiger partial charge in [-0.15, -0.1) is 11.3 Å². The number of anilines is 2. The van der Waals surface area contributed by atoms with E-state index >= 15 is 0 Å². The summed E-state index contributed by atoms with van der Waals surface area (Å²) in [5.41, 5.74) is -0.660. The van der Waals surface area contributed by atoms with Crippen LogP contribution in [0.2, 0.25) is 0 Å². The predicted molar refractivity (Wildman–Crippen MR) is 132 cm³/mol. The number of amides is 2. The van der Waals surface area contributed by atoms with Crippen LogP contribution < -0.4 is 30.7 Å². The van der Waals surface area contributed by atoms with Crippen LogP contribution >= 0.6 is 11.3 Å². The van der Waals surface area contributed by atoms with Gasteiger partial charge >= 0.3 is 0 Å². The van der Waals surface area contributed by atoms with Crippen molar-refractivity contribution in [1.29, 1.82) is 5.26 Å². The standard InChI is InChI=1S/C23H25F3N6O4S/c1-2-32-22(35)18(37-23(32)15(10-27)21(34)29-12-19(25)26)11-28-14-3-4-16(24)17(9-14)30-20(33)13-31-5-7-36-8-6-31/h3-4,9,11,19,28H,2,5-8,12-13H2,1H3,(H,29,34)(H,30,33). The summed E-state index contributed by atoms with van der Waals surface area (Å²) in [6, 6.07) is 5.59. The first-order chi connectivity index (χ1) is 17.7. The maximum absolute atomic E-state index is 14.3. The summed E-state index contributed by atoms with van der Waals surface area (Å²) in [5.74, 6) is -2.04. The van der Waals surface area contributed by atoms with E-state index in [4.69, 9.17) is 4.74 Å². The second-order valence-corrected chi connectivity index (χ2v) is 8.86. The minimum absolute atomic E-state index is 0.0185. The summed E-state index contributed by atoms with van der Waals surface area (Å²) in [4.78, 5) is 39.2. The van der Waals surface area contributed by atoms with Crippen molar-refractivity contribution in [3.05, 3.63) is 43.6 Å². The highest BCUT2D eigenvalue weighted by Gasteiger charge is 2.17. The highest BCUT2D eigenvalue weighted by atomic mass is 32.1. The van der Waals surface area contributed by atoms with Gasteiger partial charge in [-0.3, -0.25) is 23.9 Å². The van der Waals surface area contributed by atoms with Crippen LogP contribution in [0, 0.1) is 17.1 Å². The maximum Gasteiger partial charge on any atom is 0.270 e. The van der Waals surface area contributed by atoms with Gasteiger partial charge in [-0.1, -0.05) is 0 Å². The molecule has 1 fully saturated rings. The Morgan fingerprint density at radius 3 is 2.68 bits per heavy atom. The number of hydrogen-bond acceptors (Lipinski definition) is 8. The zero-order chi connectivity index (χ0) is 26.9. The van der Waals surface area contributed by atoms with Gasteiger partial charge in [0.2, 0.25) is 5.91 Å². The molecule has 1 aliphatic rings. The van der Waals surface area contributed by atoms with Crippen molar-refractivity contribution in [3.8, 4) is 6.07 Å². The minimum Gasteiger partial charge on any atom is -0.379 e. The number of carbonyl (C=O) groups excluding carboxylic acids is 2. The Balaban J connectivity index is 1.83. The second-order valence-electron chi connectivity index (χ2n) is 7.83. The molecule has 1 aromatic carbocycles. The molecule has 3 rings (SSSR count). The number of thiazole rings is 1. The monoisotopic (exact) mass is 538 g/mol. The summed E-state index contributed by atoms with van der Waals surface area (Å²) < 4.78 is 45.7. The van der Waals surface area contributed by atoms with Gasteiger partial charge < -0.3 is 20.7 Å². The van der Waals surface area contributed by atoms with Gasteiger partial charge in [-0.25, -0.2) is 13.2 Å². The molecule has 3 N–H and O–H groups in total. The predicted octanol–water partition coefficient (Wildman–Crippen LogP) is 0.245. The number of benzene rings is 1. The molecule has 2 heterocycles. The van der Waals surface area contributed by atoms with E-state index in [1.54, 1.807) is 13.0 Å². The topological polar surface area (TPSA) is 128 Å². The fourth-order valence-corrected chi connectivity index (χ4v) is 4.54. The molecule has 1 aliphatic heterocycles. The third-order valence-corrected chi connectivity index (χ3v) is 6.41. The lowest BCUT2D eigenvalue weighted by atomic mass is 10.2. The smallest absolute Gasteiger partial charge is 0.270 e. The Bertz CT molecular complexity index is 1360. The third kappa shape index (κ3) is 7.42. The van der Waals surface area contributed by atoms with Crippen molar-refractivity contribution in [2.24, 2.45) is 0 Å². The normalized spacial score (nSPS) is 15.3. The van der Waals surface area contributed by atoms with Crippen molar-refractivity contribution in [2.45, 2.75) is 19.9 Å². The van der Waals surface area contributed by atoms with Crippen molar-refractivity contribution in [2.75, 3.05) is 50.0 Å². The average Bonchev–Trinajstić information content (AvgIpc) is 3.18. The van der Waals surface area contributed by atoms with Gasteiger partial charge in [-0.2, -0.15) is 5.26 Å². The van der Waals surface area contributed by atoms with Gasteiger partial charge in [0.05, 0.1) is 32.0 Å². The van der Waals surface area contributed by atoms with Gasteiger partial charge in [0, 0.05) is 31.5 Å². The number of aromatic nitrogens is 1. The molecule has 0 radical (unpaired) electrons. The highest BCUT2D eigenvalue weighted by Crippen LogP contribution is 2.20. The number of ether oxygens (including phenoxy) is 1. The molecule has 0 unspecified atom stereocenters. The van der Waals surface area contributed by atoms with Gasteiger partial charge in [0.15, 0.2) is 5.57 Å². The van der Waals surface area contributed by atoms with Crippen LogP contribution in [0.15, 0.2) is 23.0 Å². The fraction of sp³-hybridized carbons (Fsp3) is 0.391. The van der Waals surface area contributed by atoms with E-state index in [-0.39, 0.29) is 33.9 Å². The van der Waals surface area contributed by atoms with E-state index in [0.29, 0.717) is 32.0 Å². The van der Waals surface area contributed by atoms with Crippen LogP contribution in [-0.4, -0.2) is 67.1 Å². The molecule has 0 saturated carbocycles. The van der Waals surface area contributed by atoms with Crippen molar-refractivity contribution in [1.82, 2.24) is 14.8 Å². The van der Waals surface area contributed by atoms with Crippen molar-refractivity contribution in [3.63, 3.8) is 0 Å². The Hall–Kier alpha value is -3.67. The quantitative estimate of drug-likeness (QED) is 0.418. The molecule has 0 bridgehead atoms. The molecule has 198 valence electrons. The van der Waals surface area contributed by atoms with E-state index in [0.717, 1.165) is 17.4 Å². The number of carbonyl (C=O) groups is 2. The lowest BCUT2D eigenvalue weighted by molar-refractivity contribution is -0.118. The van der Waals surface area contributed by atoms with E-state index in [2.05, 4.69) is 10.6 Å². The number of nitrogens with one attached hydrogen (secondary N) is 3. The first kappa shape index (κ1) is 27.9. The van der Waals surface area contributed by atoms with Crippen LogP contribution in [0.25, 0.3) is 11.8 Å². The van der Waals surface area contributed by atoms with Crippen LogP contribution in [0.4, 0.5) is 24.5 Å². The Labute approximate surface area is 213 Å². The molecule has 14 heteroatoms. The summed E-state index contributed by atoms with van der Waals surface area (Å²) in [7, 11) is 0. The van der Waals surface area contributed by atoms with Crippen LogP contribution in [0.5, 0.6) is 0 Å². The number of nitriles is 1.